The third-order valence-electron chi connectivity index (χ3n) is 8.66. The highest BCUT2D eigenvalue weighted by atomic mass is 16.1. The molecule has 0 radical (unpaired) electrons. The molecule has 8 aromatic rings. The van der Waals surface area contributed by atoms with E-state index >= 15 is 0 Å². The second-order valence-corrected chi connectivity index (χ2v) is 11.4. The maximum Gasteiger partial charge on any atom is 0.328 e. The Morgan fingerprint density at radius 3 is 1.76 bits per heavy atom. The predicted octanol–water partition coefficient (Wildman–Crippen LogP) is 8.55. The number of hydrogen-bond donors (Lipinski definition) is 0. The minimum absolute atomic E-state index is 0.0376. The van der Waals surface area contributed by atoms with Crippen molar-refractivity contribution in [1.82, 2.24) is 24.1 Å². The van der Waals surface area contributed by atoms with Gasteiger partial charge in [-0.2, -0.15) is 0 Å². The summed E-state index contributed by atoms with van der Waals surface area (Å²) in [5, 5.41) is 2.36. The lowest BCUT2D eigenvalue weighted by Gasteiger charge is -2.13. The predicted molar refractivity (Wildman–Crippen MR) is 186 cm³/mol. The normalized spacial score (nSPS) is 11.3. The van der Waals surface area contributed by atoms with Crippen LogP contribution in [0.25, 0.3) is 78.2 Å². The van der Waals surface area contributed by atoms with Gasteiger partial charge in [-0.1, -0.05) is 127 Å². The van der Waals surface area contributed by atoms with Crippen LogP contribution in [0.4, 0.5) is 0 Å². The molecule has 6 heteroatoms. The van der Waals surface area contributed by atoms with E-state index in [4.69, 9.17) is 15.0 Å². The Hall–Kier alpha value is -6.14. The molecule has 8 rings (SSSR count). The van der Waals surface area contributed by atoms with E-state index in [1.165, 1.54) is 10.8 Å². The fourth-order valence-corrected chi connectivity index (χ4v) is 6.21. The van der Waals surface area contributed by atoms with Crippen LogP contribution in [0.2, 0.25) is 0 Å². The van der Waals surface area contributed by atoms with E-state index < -0.39 is 0 Å². The molecule has 2 heterocycles. The molecule has 0 saturated carbocycles. The standard InChI is InChI=1S/C40H29N5O/c1-44-35-24-23-30(25-36(35)45(2)40(44)46)26-19-21-29(22-20-26)38-41-37(28-12-4-3-5-13-28)42-39(43-38)34-17-9-8-16-33(34)32-18-10-14-27-11-6-7-15-31(27)32/h3-25H,1-2H3. The summed E-state index contributed by atoms with van der Waals surface area (Å²) in [5.41, 5.74) is 8.80. The largest absolute Gasteiger partial charge is 0.328 e. The van der Waals surface area contributed by atoms with Crippen molar-refractivity contribution >= 4 is 21.8 Å². The lowest BCUT2D eigenvalue weighted by Crippen LogP contribution is -2.19. The Kier molecular flexibility index (Phi) is 6.61. The zero-order valence-electron chi connectivity index (χ0n) is 25.4. The summed E-state index contributed by atoms with van der Waals surface area (Å²) in [6.45, 7) is 0. The van der Waals surface area contributed by atoms with E-state index in [1.54, 1.807) is 23.2 Å². The van der Waals surface area contributed by atoms with E-state index in [-0.39, 0.29) is 5.69 Å². The van der Waals surface area contributed by atoms with Gasteiger partial charge in [0.05, 0.1) is 11.0 Å². The summed E-state index contributed by atoms with van der Waals surface area (Å²) in [7, 11) is 3.60. The van der Waals surface area contributed by atoms with Crippen molar-refractivity contribution in [2.24, 2.45) is 14.1 Å². The summed E-state index contributed by atoms with van der Waals surface area (Å²) >= 11 is 0. The summed E-state index contributed by atoms with van der Waals surface area (Å²) in [5.74, 6) is 1.84. The van der Waals surface area contributed by atoms with Gasteiger partial charge in [0, 0.05) is 30.8 Å². The molecule has 6 nitrogen and oxygen atoms in total. The first-order chi connectivity index (χ1) is 22.5. The molecule has 0 saturated heterocycles. The number of imidazole rings is 1. The molecule has 0 amide bonds. The molecule has 0 atom stereocenters. The van der Waals surface area contributed by atoms with E-state index in [9.17, 15) is 4.79 Å². The van der Waals surface area contributed by atoms with E-state index in [0.717, 1.165) is 50.0 Å². The maximum absolute atomic E-state index is 12.5. The molecule has 0 N–H and O–H groups in total. The number of aryl methyl sites for hydroxylation is 2. The Morgan fingerprint density at radius 1 is 0.435 bits per heavy atom. The average Bonchev–Trinajstić information content (AvgIpc) is 3.34. The minimum Gasteiger partial charge on any atom is -0.295 e. The molecule has 0 aliphatic carbocycles. The molecule has 0 spiro atoms. The number of benzene rings is 6. The summed E-state index contributed by atoms with van der Waals surface area (Å²) in [6, 6.07) is 47.5. The van der Waals surface area contributed by atoms with Gasteiger partial charge in [-0.25, -0.2) is 19.7 Å². The molecule has 0 fully saturated rings. The van der Waals surface area contributed by atoms with E-state index in [1.807, 2.05) is 54.6 Å². The van der Waals surface area contributed by atoms with Crippen LogP contribution < -0.4 is 5.69 Å². The lowest BCUT2D eigenvalue weighted by molar-refractivity contribution is 0.795. The zero-order chi connectivity index (χ0) is 31.2. The highest BCUT2D eigenvalue weighted by Gasteiger charge is 2.17. The third kappa shape index (κ3) is 4.68. The van der Waals surface area contributed by atoms with Crippen molar-refractivity contribution in [3.8, 4) is 56.4 Å². The topological polar surface area (TPSA) is 65.6 Å². The van der Waals surface area contributed by atoms with Crippen LogP contribution in [0.3, 0.4) is 0 Å². The molecule has 0 aliphatic heterocycles. The zero-order valence-corrected chi connectivity index (χ0v) is 25.4. The second kappa shape index (κ2) is 11.1. The van der Waals surface area contributed by atoms with E-state index in [0.29, 0.717) is 17.5 Å². The van der Waals surface area contributed by atoms with Gasteiger partial charge in [0.25, 0.3) is 0 Å². The fourth-order valence-electron chi connectivity index (χ4n) is 6.21. The average molecular weight is 596 g/mol. The van der Waals surface area contributed by atoms with Crippen molar-refractivity contribution in [1.29, 1.82) is 0 Å². The molecule has 0 bridgehead atoms. The molecular weight excluding hydrogens is 566 g/mol. The summed E-state index contributed by atoms with van der Waals surface area (Å²) in [6.07, 6.45) is 0. The number of hydrogen-bond acceptors (Lipinski definition) is 4. The van der Waals surface area contributed by atoms with Crippen LogP contribution in [0, 0.1) is 0 Å². The molecular formula is C40H29N5O. The third-order valence-corrected chi connectivity index (χ3v) is 8.66. The summed E-state index contributed by atoms with van der Waals surface area (Å²) < 4.78 is 3.35. The Bertz CT molecular complexity index is 2450. The minimum atomic E-state index is -0.0376. The van der Waals surface area contributed by atoms with Gasteiger partial charge in [0.1, 0.15) is 0 Å². The Balaban J connectivity index is 1.26. The molecule has 0 aliphatic rings. The monoisotopic (exact) mass is 595 g/mol. The maximum atomic E-state index is 12.5. The number of aromatic nitrogens is 5. The van der Waals surface area contributed by atoms with Crippen LogP contribution >= 0.6 is 0 Å². The second-order valence-electron chi connectivity index (χ2n) is 11.4. The van der Waals surface area contributed by atoms with Crippen molar-refractivity contribution in [3.63, 3.8) is 0 Å². The highest BCUT2D eigenvalue weighted by Crippen LogP contribution is 2.36. The van der Waals surface area contributed by atoms with Crippen LogP contribution in [-0.4, -0.2) is 24.1 Å². The molecule has 46 heavy (non-hydrogen) atoms. The number of rotatable bonds is 5. The number of nitrogens with zero attached hydrogens (tertiary/aromatic N) is 5. The Labute approximate surface area is 265 Å². The summed E-state index contributed by atoms with van der Waals surface area (Å²) in [4.78, 5) is 27.5. The van der Waals surface area contributed by atoms with Gasteiger partial charge < -0.3 is 0 Å². The molecule has 220 valence electrons. The molecule has 0 unspecified atom stereocenters. The van der Waals surface area contributed by atoms with Crippen molar-refractivity contribution in [2.75, 3.05) is 0 Å². The fraction of sp³-hybridized carbons (Fsp3) is 0.0500. The van der Waals surface area contributed by atoms with Crippen molar-refractivity contribution in [3.05, 3.63) is 150 Å². The first-order valence-electron chi connectivity index (χ1n) is 15.2. The molecule has 2 aromatic heterocycles. The lowest BCUT2D eigenvalue weighted by atomic mass is 9.94. The Morgan fingerprint density at radius 2 is 0.978 bits per heavy atom. The van der Waals surface area contributed by atoms with Gasteiger partial charge in [-0.05, 0) is 45.2 Å². The van der Waals surface area contributed by atoms with E-state index in [2.05, 4.69) is 84.9 Å². The van der Waals surface area contributed by atoms with Gasteiger partial charge in [0.15, 0.2) is 17.5 Å². The first-order valence-corrected chi connectivity index (χ1v) is 15.2. The van der Waals surface area contributed by atoms with Crippen molar-refractivity contribution < 1.29 is 0 Å². The van der Waals surface area contributed by atoms with Crippen LogP contribution in [0.1, 0.15) is 0 Å². The smallest absolute Gasteiger partial charge is 0.295 e. The highest BCUT2D eigenvalue weighted by molar-refractivity contribution is 6.00. The first kappa shape index (κ1) is 27.4. The van der Waals surface area contributed by atoms with Gasteiger partial charge >= 0.3 is 5.69 Å². The van der Waals surface area contributed by atoms with Gasteiger partial charge in [0.2, 0.25) is 0 Å². The quantitative estimate of drug-likeness (QED) is 0.200. The van der Waals surface area contributed by atoms with Crippen LogP contribution in [0.15, 0.2) is 144 Å². The number of fused-ring (bicyclic) bond motifs is 2. The van der Waals surface area contributed by atoms with Crippen molar-refractivity contribution in [2.45, 2.75) is 0 Å². The molecule has 6 aromatic carbocycles. The van der Waals surface area contributed by atoms with Gasteiger partial charge in [-0.3, -0.25) is 9.13 Å². The van der Waals surface area contributed by atoms with Crippen LogP contribution in [-0.2, 0) is 14.1 Å². The van der Waals surface area contributed by atoms with Crippen LogP contribution in [0.5, 0.6) is 0 Å². The SMILES string of the molecule is Cn1c(=O)n(C)c2cc(-c3ccc(-c4nc(-c5ccccc5)nc(-c5ccccc5-c5cccc6ccccc56)n4)cc3)ccc21. The van der Waals surface area contributed by atoms with Gasteiger partial charge in [-0.15, -0.1) is 0 Å².